The monoisotopic (exact) mass is 218 g/mol. The first-order valence-electron chi connectivity index (χ1n) is 2.99. The van der Waals surface area contributed by atoms with Gasteiger partial charge in [0.05, 0.1) is 0 Å². The van der Waals surface area contributed by atoms with Crippen LogP contribution in [0.15, 0.2) is 0 Å². The third-order valence-electron chi connectivity index (χ3n) is 0.993. The van der Waals surface area contributed by atoms with Crippen molar-refractivity contribution >= 4 is 66.5 Å². The van der Waals surface area contributed by atoms with Crippen LogP contribution in [0.5, 0.6) is 0 Å². The van der Waals surface area contributed by atoms with E-state index >= 15 is 0 Å². The summed E-state index contributed by atoms with van der Waals surface area (Å²) in [6, 6.07) is 0.934. The molecule has 0 rings (SSSR count). The molecule has 0 unspecified atom stereocenters. The summed E-state index contributed by atoms with van der Waals surface area (Å²) in [5, 5.41) is 0. The molecule has 0 bridgehead atoms. The normalized spacial score (nSPS) is 10.7. The molecule has 0 aromatic carbocycles. The Labute approximate surface area is 107 Å². The summed E-state index contributed by atoms with van der Waals surface area (Å²) in [7, 11) is -1.76. The van der Waals surface area contributed by atoms with Gasteiger partial charge in [0.2, 0.25) is 0 Å². The molecule has 0 saturated heterocycles. The number of nitrogens with two attached hydrogens (primary N) is 1. The van der Waals surface area contributed by atoms with Crippen LogP contribution < -0.4 is 5.73 Å². The molecule has 0 aliphatic carbocycles. The fraction of sp³-hybridized carbons (Fsp3) is 1.00. The maximum atomic E-state index is 9.23. The Bertz CT molecular complexity index is 64.5. The average molecular weight is 219 g/mol. The van der Waals surface area contributed by atoms with Crippen molar-refractivity contribution in [3.63, 3.8) is 0 Å². The van der Waals surface area contributed by atoms with Gasteiger partial charge in [-0.1, -0.05) is 0 Å². The van der Waals surface area contributed by atoms with Crippen LogP contribution in [0, 0.1) is 0 Å². The summed E-state index contributed by atoms with van der Waals surface area (Å²) in [4.78, 5) is 9.23. The Morgan fingerprint density at radius 3 is 2.00 bits per heavy atom. The predicted octanol–water partition coefficient (Wildman–Crippen LogP) is 0.152. The fourth-order valence-electron chi connectivity index (χ4n) is 0.535. The van der Waals surface area contributed by atoms with E-state index in [-0.39, 0.29) is 58.2 Å². The van der Waals surface area contributed by atoms with Crippen molar-refractivity contribution in [2.75, 3.05) is 6.54 Å². The Kier molecular flexibility index (Phi) is 9.98. The van der Waals surface area contributed by atoms with Crippen LogP contribution in [0.1, 0.15) is 6.42 Å². The van der Waals surface area contributed by atoms with Crippen molar-refractivity contribution < 1.29 is 4.80 Å². The maximum Gasteiger partial charge on any atom is 0.182 e. The molecule has 0 amide bonds. The van der Waals surface area contributed by atoms with Gasteiger partial charge in [-0.2, -0.15) is 0 Å². The molecule has 4 heteroatoms. The van der Waals surface area contributed by atoms with Crippen molar-refractivity contribution in [3.05, 3.63) is 0 Å². The molecule has 0 aliphatic rings. The third kappa shape index (κ3) is 13.0. The van der Waals surface area contributed by atoms with Gasteiger partial charge in [0, 0.05) is 58.2 Å². The zero-order valence-corrected chi connectivity index (χ0v) is 12.6. The van der Waals surface area contributed by atoms with Gasteiger partial charge in [0.1, 0.15) is 0 Å². The van der Waals surface area contributed by atoms with Crippen LogP contribution in [-0.4, -0.2) is 77.8 Å². The van der Waals surface area contributed by atoms with Gasteiger partial charge >= 0.3 is 0 Å². The van der Waals surface area contributed by atoms with Crippen molar-refractivity contribution in [1.29, 1.82) is 0 Å². The first-order chi connectivity index (χ1) is 3.56. The molecule has 0 spiro atoms. The van der Waals surface area contributed by atoms with Crippen LogP contribution in [0.2, 0.25) is 19.1 Å². The molecular formula is C5H15NORbSi. The molecule has 0 aromatic heterocycles. The van der Waals surface area contributed by atoms with E-state index in [2.05, 4.69) is 0 Å². The van der Waals surface area contributed by atoms with Gasteiger partial charge in [-0.25, -0.2) is 0 Å². The van der Waals surface area contributed by atoms with E-state index < -0.39 is 8.32 Å². The van der Waals surface area contributed by atoms with Gasteiger partial charge < -0.3 is 10.5 Å². The zero-order chi connectivity index (χ0) is 6.62. The van der Waals surface area contributed by atoms with E-state index in [9.17, 15) is 4.80 Å². The quantitative estimate of drug-likeness (QED) is 0.663. The summed E-state index contributed by atoms with van der Waals surface area (Å²) in [5.74, 6) is 0. The number of hydrogen-bond acceptors (Lipinski definition) is 2. The van der Waals surface area contributed by atoms with E-state index in [1.807, 2.05) is 13.1 Å². The third-order valence-corrected chi connectivity index (χ3v) is 2.57. The Hall–Kier alpha value is 1.94. The molecule has 2 nitrogen and oxygen atoms in total. The van der Waals surface area contributed by atoms with E-state index in [0.29, 0.717) is 6.54 Å². The van der Waals surface area contributed by atoms with Crippen molar-refractivity contribution in [2.45, 2.75) is 25.6 Å². The van der Waals surface area contributed by atoms with E-state index in [1.54, 1.807) is 0 Å². The summed E-state index contributed by atoms with van der Waals surface area (Å²) < 4.78 is 0. The van der Waals surface area contributed by atoms with Gasteiger partial charge in [0.25, 0.3) is 0 Å². The molecular weight excluding hydrogens is 204 g/mol. The molecule has 51 valence electrons. The van der Waals surface area contributed by atoms with E-state index in [1.165, 1.54) is 0 Å². The van der Waals surface area contributed by atoms with Gasteiger partial charge in [0.15, 0.2) is 8.32 Å². The van der Waals surface area contributed by atoms with Crippen molar-refractivity contribution in [2.24, 2.45) is 5.73 Å². The van der Waals surface area contributed by atoms with Crippen LogP contribution in [0.3, 0.4) is 0 Å². The molecule has 0 aromatic rings. The molecule has 3 N–H and O–H groups in total. The smallest absolute Gasteiger partial charge is 0.182 e. The second-order valence-electron chi connectivity index (χ2n) is 2.70. The Morgan fingerprint density at radius 2 is 1.89 bits per heavy atom. The minimum Gasteiger partial charge on any atom is -0.432 e. The topological polar surface area (TPSA) is 46.2 Å². The second kappa shape index (κ2) is 6.64. The molecule has 0 fully saturated rings. The molecule has 0 heterocycles. The molecule has 0 saturated carbocycles. The number of hydrogen-bond donors (Lipinski definition) is 2. The first kappa shape index (κ1) is 13.5. The van der Waals surface area contributed by atoms with Crippen LogP contribution in [0.4, 0.5) is 0 Å². The van der Waals surface area contributed by atoms with Crippen molar-refractivity contribution in [1.82, 2.24) is 0 Å². The number of rotatable bonds is 3. The second-order valence-corrected chi connectivity index (χ2v) is 6.83. The standard InChI is InChI=1S/C5H15NOSi.Rb/c1-8(2,7)5-3-4-6;/h7H,3-6H2,1-2H3;. The summed E-state index contributed by atoms with van der Waals surface area (Å²) in [5.41, 5.74) is 5.25. The largest absolute Gasteiger partial charge is 0.432 e. The van der Waals surface area contributed by atoms with Gasteiger partial charge in [-0.15, -0.1) is 0 Å². The maximum absolute atomic E-state index is 9.23. The van der Waals surface area contributed by atoms with E-state index in [0.717, 1.165) is 12.5 Å². The minimum atomic E-state index is -1.76. The SMILES string of the molecule is C[Si](C)(O)CCCN.[Rb]. The van der Waals surface area contributed by atoms with Crippen LogP contribution in [0.25, 0.3) is 0 Å². The summed E-state index contributed by atoms with van der Waals surface area (Å²) in [6.45, 7) is 4.57. The molecule has 9 heavy (non-hydrogen) atoms. The summed E-state index contributed by atoms with van der Waals surface area (Å²) in [6.07, 6.45) is 0.968. The van der Waals surface area contributed by atoms with E-state index in [4.69, 9.17) is 5.73 Å². The minimum absolute atomic E-state index is 0. The predicted molar refractivity (Wildman–Crippen MR) is 43.9 cm³/mol. The van der Waals surface area contributed by atoms with Crippen LogP contribution in [-0.2, 0) is 0 Å². The fourth-order valence-corrected chi connectivity index (χ4v) is 1.60. The molecule has 1 radical (unpaired) electrons. The zero-order valence-electron chi connectivity index (χ0n) is 6.65. The Morgan fingerprint density at radius 1 is 1.44 bits per heavy atom. The van der Waals surface area contributed by atoms with Crippen molar-refractivity contribution in [3.8, 4) is 0 Å². The van der Waals surface area contributed by atoms with Gasteiger partial charge in [-0.3, -0.25) is 0 Å². The van der Waals surface area contributed by atoms with Crippen LogP contribution >= 0.6 is 0 Å². The average Bonchev–Trinajstić information content (AvgIpc) is 1.59. The molecule has 0 atom stereocenters. The Balaban J connectivity index is 0. The van der Waals surface area contributed by atoms with Gasteiger partial charge in [-0.05, 0) is 32.1 Å². The first-order valence-corrected chi connectivity index (χ1v) is 6.14. The summed E-state index contributed by atoms with van der Waals surface area (Å²) >= 11 is 0. The molecule has 0 aliphatic heterocycles.